The fraction of sp³-hybridized carbons (Fsp3) is 0.505. The molecule has 5 aromatic rings. The van der Waals surface area contributed by atoms with Gasteiger partial charge in [0.15, 0.2) is 5.78 Å². The number of hydrogen-bond donors (Lipinski definition) is 17. The van der Waals surface area contributed by atoms with E-state index in [0.717, 1.165) is 31.4 Å². The molecule has 0 unspecified atom stereocenters. The number of aromatic amines is 2. The van der Waals surface area contributed by atoms with Gasteiger partial charge in [-0.15, -0.1) is 11.8 Å². The highest BCUT2D eigenvalue weighted by Gasteiger charge is 2.47. The zero-order chi connectivity index (χ0) is 96.4. The molecule has 16 amide bonds. The van der Waals surface area contributed by atoms with Crippen molar-refractivity contribution in [2.24, 2.45) is 22.4 Å². The number of nitrogens with one attached hydrogen (secondary N) is 11. The molecule has 15 atom stereocenters. The number of thioether (sulfide) groups is 1. The summed E-state index contributed by atoms with van der Waals surface area (Å²) >= 11 is 0.768. The molecule has 10 rings (SSSR count). The van der Waals surface area contributed by atoms with E-state index >= 15 is 33.6 Å². The summed E-state index contributed by atoms with van der Waals surface area (Å²) in [6, 6.07) is -0.915. The molecule has 19 N–H and O–H groups in total. The number of fused-ring (bicyclic) bond motifs is 7. The fourth-order valence-corrected chi connectivity index (χ4v) is 17.9. The van der Waals surface area contributed by atoms with Crippen LogP contribution in [0.15, 0.2) is 114 Å². The van der Waals surface area contributed by atoms with E-state index in [4.69, 9.17) is 11.5 Å². The van der Waals surface area contributed by atoms with E-state index in [1.54, 1.807) is 60.9 Å². The Hall–Kier alpha value is -13.4. The summed E-state index contributed by atoms with van der Waals surface area (Å²) in [5, 5.41) is 67.7. The smallest absolute Gasteiger partial charge is 0.305 e. The van der Waals surface area contributed by atoms with Crippen molar-refractivity contribution in [3.05, 3.63) is 126 Å². The molecule has 0 saturated carbocycles. The molecule has 3 fully saturated rings. The highest BCUT2D eigenvalue weighted by molar-refractivity contribution is 8.00. The maximum atomic E-state index is 15.8. The van der Waals surface area contributed by atoms with Crippen molar-refractivity contribution < 1.29 is 107 Å². The van der Waals surface area contributed by atoms with E-state index in [9.17, 15) is 73.2 Å². The number of Topliss-reactive ketones (excluding diaryl/α,β-unsaturated/α-hetero) is 1. The number of hydrogen-bond acceptors (Lipinski definition) is 23. The number of carbonyl (C=O) groups is 18. The molecule has 2 aromatic heterocycles. The van der Waals surface area contributed by atoms with Gasteiger partial charge in [-0.05, 0) is 131 Å². The number of amides is 16. The number of carboxylic acids is 1. The second-order valence-corrected chi connectivity index (χ2v) is 35.3. The third-order valence-corrected chi connectivity index (χ3v) is 25.6. The maximum absolute atomic E-state index is 15.8. The number of phenols is 1. The number of para-hydroxylation sites is 2. The molecular weight excluding hydrogens is 1740 g/mol. The number of likely N-dealkylation sites (N-methyl/N-ethyl adjacent to an activating group) is 3. The number of H-pyrrole nitrogens is 2. The topological polar surface area (TPSA) is 609 Å². The van der Waals surface area contributed by atoms with Gasteiger partial charge in [0.25, 0.3) is 0 Å². The molecule has 42 heteroatoms. The number of allylic oxidation sites excluding steroid dienone is 2. The van der Waals surface area contributed by atoms with Gasteiger partial charge in [-0.25, -0.2) is 0 Å². The number of aliphatic carboxylic acids is 1. The van der Waals surface area contributed by atoms with E-state index in [2.05, 4.69) is 62.8 Å². The number of aromatic hydroxyl groups is 1. The van der Waals surface area contributed by atoms with Gasteiger partial charge >= 0.3 is 5.97 Å². The third kappa shape index (κ3) is 27.9. The SMILES string of the molecule is C[C@@H]1NC(=O)[C@@H]2CCCC/C=C\CCCC[C@@H](C(=O)N2C)N(C)C(=O)[C@H](Cc2c[nH]c3ccccc23)NC(=O)[C@H](CO)NC(=O)[C@H](Cc2c[nH]c3ccccc23)CC(=O)[C@@H]2C[C@@H](O)CN2C(=O)[C@H](CCC(N)=O)NC(=O)[C@H](CC2=CN=CC2)NC(=O)[C@@H]2CCCN2C(=O)[C@H](CC(=O)O)NC(=O)[C@H](C)N(C)C(=O)[C@H](Cc2ccc(O)cc2)NC(=O)CSC[C@@H](C(=O)NCC(N)=O)NC1=O. The van der Waals surface area contributed by atoms with E-state index in [-0.39, 0.29) is 70.1 Å². The maximum Gasteiger partial charge on any atom is 0.305 e. The largest absolute Gasteiger partial charge is 0.508 e. The van der Waals surface area contributed by atoms with Crippen LogP contribution in [-0.2, 0) is 106 Å². The number of aliphatic hydroxyl groups is 2. The van der Waals surface area contributed by atoms with Crippen LogP contribution < -0.4 is 59.3 Å². The number of aromatic nitrogens is 2. The van der Waals surface area contributed by atoms with Crippen LogP contribution >= 0.6 is 11.8 Å². The molecule has 7 heterocycles. The van der Waals surface area contributed by atoms with Crippen LogP contribution in [-0.4, -0.2) is 311 Å². The minimum Gasteiger partial charge on any atom is -0.508 e. The van der Waals surface area contributed by atoms with Crippen LogP contribution in [0.4, 0.5) is 0 Å². The zero-order valence-electron chi connectivity index (χ0n) is 74.8. The average Bonchev–Trinajstić information content (AvgIpc) is 1.70. The summed E-state index contributed by atoms with van der Waals surface area (Å²) < 4.78 is 0. The Balaban J connectivity index is 1.01. The van der Waals surface area contributed by atoms with Crippen LogP contribution in [0, 0.1) is 5.92 Å². The number of benzene rings is 3. The molecule has 2 bridgehead atoms. The van der Waals surface area contributed by atoms with Crippen LogP contribution in [0.2, 0.25) is 0 Å². The molecule has 5 aliphatic rings. The molecule has 716 valence electrons. The summed E-state index contributed by atoms with van der Waals surface area (Å²) in [6.45, 7) is 0.0310. The first-order chi connectivity index (χ1) is 63.5. The first-order valence-corrected chi connectivity index (χ1v) is 45.7. The highest BCUT2D eigenvalue weighted by atomic mass is 32.2. The Morgan fingerprint density at radius 3 is 1.75 bits per heavy atom. The van der Waals surface area contributed by atoms with E-state index < -0.39 is 260 Å². The first kappa shape index (κ1) is 102. The van der Waals surface area contributed by atoms with E-state index in [1.165, 1.54) is 76.6 Å². The highest BCUT2D eigenvalue weighted by Crippen LogP contribution is 2.31. The van der Waals surface area contributed by atoms with Gasteiger partial charge in [-0.3, -0.25) is 91.3 Å². The van der Waals surface area contributed by atoms with Gasteiger partial charge in [-0.2, -0.15) is 0 Å². The van der Waals surface area contributed by atoms with Crippen LogP contribution in [0.1, 0.15) is 140 Å². The van der Waals surface area contributed by atoms with Crippen molar-refractivity contribution in [1.29, 1.82) is 0 Å². The zero-order valence-corrected chi connectivity index (χ0v) is 75.6. The van der Waals surface area contributed by atoms with Gasteiger partial charge in [-0.1, -0.05) is 73.5 Å². The predicted octanol–water partition coefficient (Wildman–Crippen LogP) is -1.17. The Kier molecular flexibility index (Phi) is 36.8. The number of aliphatic imine (C=N–C) groups is 1. The van der Waals surface area contributed by atoms with Crippen molar-refractivity contribution in [2.75, 3.05) is 58.9 Å². The molecule has 0 aliphatic carbocycles. The number of rotatable bonds is 17. The molecule has 3 aromatic carbocycles. The number of ketones is 1. The van der Waals surface area contributed by atoms with Gasteiger partial charge in [0.05, 0.1) is 37.5 Å². The van der Waals surface area contributed by atoms with Crippen molar-refractivity contribution in [3.8, 4) is 5.75 Å². The normalized spacial score (nSPS) is 26.6. The van der Waals surface area contributed by atoms with E-state index in [0.29, 0.717) is 82.6 Å². The number of carboxylic acid groups (broad SMARTS) is 1. The predicted molar refractivity (Wildman–Crippen MR) is 485 cm³/mol. The van der Waals surface area contributed by atoms with Crippen LogP contribution in [0.5, 0.6) is 5.75 Å². The minimum absolute atomic E-state index is 0.0121. The summed E-state index contributed by atoms with van der Waals surface area (Å²) in [4.78, 5) is 277. The van der Waals surface area contributed by atoms with Gasteiger partial charge < -0.3 is 114 Å². The van der Waals surface area contributed by atoms with Crippen molar-refractivity contribution in [3.63, 3.8) is 0 Å². The summed E-state index contributed by atoms with van der Waals surface area (Å²) in [6.07, 6.45) is 7.79. The Labute approximate surface area is 771 Å². The average molecular weight is 1860 g/mol. The molecule has 5 aliphatic heterocycles. The van der Waals surface area contributed by atoms with E-state index in [1.807, 2.05) is 12.2 Å². The minimum atomic E-state index is -1.92. The number of nitrogens with zero attached hydrogens (tertiary/aromatic N) is 6. The Bertz CT molecular complexity index is 5230. The quantitative estimate of drug-likeness (QED) is 0.0488. The Morgan fingerprint density at radius 2 is 1.12 bits per heavy atom. The number of nitrogens with two attached hydrogens (primary N) is 2. The van der Waals surface area contributed by atoms with Crippen molar-refractivity contribution in [1.82, 2.24) is 82.3 Å². The second kappa shape index (κ2) is 48.1. The lowest BCUT2D eigenvalue weighted by Crippen LogP contribution is -2.60. The lowest BCUT2D eigenvalue weighted by molar-refractivity contribution is -0.149. The van der Waals surface area contributed by atoms with Gasteiger partial charge in [0.1, 0.15) is 78.3 Å². The van der Waals surface area contributed by atoms with Gasteiger partial charge in [0, 0.05) is 131 Å². The lowest BCUT2D eigenvalue weighted by atomic mass is 9.90. The van der Waals surface area contributed by atoms with Crippen LogP contribution in [0.3, 0.4) is 0 Å². The molecule has 0 radical (unpaired) electrons. The second-order valence-electron chi connectivity index (χ2n) is 34.3. The summed E-state index contributed by atoms with van der Waals surface area (Å²) in [7, 11) is 3.91. The third-order valence-electron chi connectivity index (χ3n) is 24.6. The first-order valence-electron chi connectivity index (χ1n) is 44.5. The molecule has 0 spiro atoms. The number of phenolic OH excluding ortho intramolecular Hbond substituents is 1. The standard InChI is InChI=1S/C91H119N19O22S/c1-50-79(120)105-69(82(123)97-45-76(93)116)48-133-49-77(117)99-65(35-52-26-28-57(112)29-27-52)87(128)106(3)51(2)80(121)102-67(41-78(118)119)90(131)109-34-18-25-71(109)86(127)101-64(36-53-32-33-94-42-53)83(124)100-63(30-31-75(92)115)89(130)110-46-58(113)40-73(110)74(114)39-54(37-55-43-95-61-21-16-14-19-59(55)61)81(122)104-68(47-111)84(125)103-66(38-56-44-96-62-22-17-15-20-60(56)62)88(129)108(5)72-24-13-11-9-7-6-8-10-12-23-70(85(126)98-50)107(4)91(72)132/h6-7,14-17,19-22,26-29,33,42-44,50-51,54,58,63-73,95-96,111-113H,8-13,18,23-25,30-32,34-41,45-49H2,1-5H3,(H2,92,115)(H2,93,116)(H,97,123)(H,98,126)(H,99,117)(H,100,124)(H,101,127)(H,102,121)(H,103,125)(H,104,122)(H,105,120)(H,118,119)/b7-6-/t50-,51-,54+,58+,63-,64-,65-,66-,67-,68-,69-,70-,71-,72-,73-/m0/s1. The lowest BCUT2D eigenvalue weighted by Gasteiger charge is -2.36. The van der Waals surface area contributed by atoms with Crippen molar-refractivity contribution >= 4 is 146 Å². The van der Waals surface area contributed by atoms with Gasteiger partial charge in [0.2, 0.25) is 94.5 Å². The molecule has 41 nitrogen and oxygen atoms in total. The van der Waals surface area contributed by atoms with Crippen molar-refractivity contribution in [2.45, 2.75) is 227 Å². The number of aliphatic hydroxyl groups excluding tert-OH is 2. The Morgan fingerprint density at radius 1 is 0.549 bits per heavy atom. The van der Waals surface area contributed by atoms with Crippen LogP contribution in [0.25, 0.3) is 21.8 Å². The monoisotopic (exact) mass is 1860 g/mol. The summed E-state index contributed by atoms with van der Waals surface area (Å²) in [5.74, 6) is -20.2. The molecule has 3 saturated heterocycles. The summed E-state index contributed by atoms with van der Waals surface area (Å²) in [5.41, 5.74) is 14.3. The fourth-order valence-electron chi connectivity index (χ4n) is 17.0. The number of primary amides is 2. The molecule has 133 heavy (non-hydrogen) atoms. The molecular formula is C91H119N19O22S. The number of carbonyl (C=O) groups excluding carboxylic acids is 17.